The summed E-state index contributed by atoms with van der Waals surface area (Å²) in [6.07, 6.45) is 3.10. The molecule has 0 aromatic heterocycles. The molecule has 11 N–H and O–H groups in total. The first-order chi connectivity index (χ1) is 29.4. The maximum absolute atomic E-state index is 12.2. The number of benzene rings is 1. The summed E-state index contributed by atoms with van der Waals surface area (Å²) in [6, 6.07) is 4.46. The van der Waals surface area contributed by atoms with E-state index in [1.54, 1.807) is 31.7 Å². The molecule has 1 aromatic carbocycles. The Morgan fingerprint density at radius 3 is 1.68 bits per heavy atom. The van der Waals surface area contributed by atoms with Gasteiger partial charge >= 0.3 is 41.8 Å². The number of carbonyl (C=O) groups excluding carboxylic acids is 2. The van der Waals surface area contributed by atoms with Gasteiger partial charge in [-0.3, -0.25) is 48.4 Å². The minimum Gasteiger partial charge on any atom is -0.480 e. The summed E-state index contributed by atoms with van der Waals surface area (Å²) in [5.74, 6) is -7.38. The Labute approximate surface area is 363 Å². The third-order valence-corrected chi connectivity index (χ3v) is 9.87. The van der Waals surface area contributed by atoms with E-state index in [-0.39, 0.29) is 90.7 Å². The average molecular weight is 898 g/mol. The second-order valence-electron chi connectivity index (χ2n) is 14.7. The number of hydrogen-bond donors (Lipinski definition) is 11. The van der Waals surface area contributed by atoms with Crippen LogP contribution in [-0.2, 0) is 40.0 Å². The van der Waals surface area contributed by atoms with Gasteiger partial charge in [-0.2, -0.15) is 0 Å². The molecule has 0 radical (unpaired) electrons. The first-order valence-electron chi connectivity index (χ1n) is 20.1. The lowest BCUT2D eigenvalue weighted by atomic mass is 10.0. The van der Waals surface area contributed by atoms with Crippen molar-refractivity contribution in [2.75, 3.05) is 96.9 Å². The molecule has 0 spiro atoms. The molecule has 1 heterocycles. The molecule has 0 saturated carbocycles. The zero-order valence-electron chi connectivity index (χ0n) is 34.5. The molecule has 24 heteroatoms. The molecule has 1 unspecified atom stereocenters. The third kappa shape index (κ3) is 23.9. The van der Waals surface area contributed by atoms with Gasteiger partial charge in [0.2, 0.25) is 5.91 Å². The second-order valence-corrected chi connectivity index (χ2v) is 15.1. The van der Waals surface area contributed by atoms with Crippen LogP contribution < -0.4 is 26.6 Å². The normalized spacial score (nSPS) is 16.4. The average Bonchev–Trinajstić information content (AvgIpc) is 3.18. The summed E-state index contributed by atoms with van der Waals surface area (Å²) in [6.45, 7) is 0.238. The van der Waals surface area contributed by atoms with E-state index >= 15 is 0 Å². The smallest absolute Gasteiger partial charge is 0.326 e. The molecule has 62 heavy (non-hydrogen) atoms. The number of amides is 3. The van der Waals surface area contributed by atoms with Gasteiger partial charge in [-0.05, 0) is 55.6 Å². The molecule has 1 aromatic rings. The number of thiocarbonyl (C=S) groups is 1. The lowest BCUT2D eigenvalue weighted by Crippen LogP contribution is -2.53. The fourth-order valence-corrected chi connectivity index (χ4v) is 6.77. The van der Waals surface area contributed by atoms with Gasteiger partial charge in [0.05, 0.1) is 26.2 Å². The Kier molecular flexibility index (Phi) is 24.3. The van der Waals surface area contributed by atoms with E-state index in [0.29, 0.717) is 36.7 Å². The Morgan fingerprint density at radius 2 is 1.15 bits per heavy atom. The lowest BCUT2D eigenvalue weighted by Gasteiger charge is -2.37. The summed E-state index contributed by atoms with van der Waals surface area (Å²) >= 11 is 5.45. The molecule has 3 amide bonds. The van der Waals surface area contributed by atoms with E-state index in [0.717, 1.165) is 24.8 Å². The molecular formula is C38H59N9O14S. The van der Waals surface area contributed by atoms with Crippen molar-refractivity contribution in [2.45, 2.75) is 57.0 Å². The van der Waals surface area contributed by atoms with Gasteiger partial charge in [-0.15, -0.1) is 0 Å². The number of carboxylic acids is 6. The quantitative estimate of drug-likeness (QED) is 0.0403. The molecule has 1 saturated heterocycles. The van der Waals surface area contributed by atoms with Crippen molar-refractivity contribution < 1.29 is 69.0 Å². The SMILES string of the molecule is O=C(O)CNC(=O)N[C@@H](CCC(=O)NCCCCCCNC(=S)Nc1ccc(CC2CN(CC(=O)O)CCN(CC(=O)O)CCN(CC(=O)O)CCN2CC(=O)O)cc1)C(=O)O. The molecule has 2 atom stereocenters. The predicted octanol–water partition coefficient (Wildman–Crippen LogP) is -1.26. The molecular weight excluding hydrogens is 839 g/mol. The van der Waals surface area contributed by atoms with Gasteiger partial charge in [-0.25, -0.2) is 9.59 Å². The van der Waals surface area contributed by atoms with E-state index in [4.69, 9.17) is 17.3 Å². The van der Waals surface area contributed by atoms with Crippen LogP contribution in [0.2, 0.25) is 0 Å². The molecule has 23 nitrogen and oxygen atoms in total. The highest BCUT2D eigenvalue weighted by Gasteiger charge is 2.28. The van der Waals surface area contributed by atoms with Crippen molar-refractivity contribution in [3.8, 4) is 0 Å². The second kappa shape index (κ2) is 28.8. The van der Waals surface area contributed by atoms with E-state index in [9.17, 15) is 63.9 Å². The van der Waals surface area contributed by atoms with Crippen LogP contribution in [0.25, 0.3) is 0 Å². The number of carboxylic acid groups (broad SMARTS) is 6. The number of rotatable bonds is 25. The summed E-state index contributed by atoms with van der Waals surface area (Å²) in [4.78, 5) is 99.5. The summed E-state index contributed by atoms with van der Waals surface area (Å²) in [7, 11) is 0. The molecule has 1 fully saturated rings. The van der Waals surface area contributed by atoms with E-state index in [1.165, 1.54) is 0 Å². The molecule has 1 aliphatic rings. The van der Waals surface area contributed by atoms with Crippen molar-refractivity contribution in [3.63, 3.8) is 0 Å². The zero-order chi connectivity index (χ0) is 46.0. The molecule has 0 aliphatic carbocycles. The summed E-state index contributed by atoms with van der Waals surface area (Å²) < 4.78 is 0. The third-order valence-electron chi connectivity index (χ3n) is 9.63. The number of unbranched alkanes of at least 4 members (excludes halogenated alkanes) is 3. The molecule has 346 valence electrons. The number of nitrogens with one attached hydrogen (secondary N) is 5. The maximum Gasteiger partial charge on any atom is 0.326 e. The summed E-state index contributed by atoms with van der Waals surface area (Å²) in [5, 5.41) is 69.8. The fourth-order valence-electron chi connectivity index (χ4n) is 6.55. The van der Waals surface area contributed by atoms with Gasteiger partial charge in [0.15, 0.2) is 5.11 Å². The fraction of sp³-hybridized carbons (Fsp3) is 0.605. The predicted molar refractivity (Wildman–Crippen MR) is 226 cm³/mol. The van der Waals surface area contributed by atoms with Crippen LogP contribution >= 0.6 is 12.2 Å². The number of carbonyl (C=O) groups is 8. The van der Waals surface area contributed by atoms with Crippen molar-refractivity contribution in [1.29, 1.82) is 0 Å². The summed E-state index contributed by atoms with van der Waals surface area (Å²) in [5.41, 5.74) is 1.51. The highest BCUT2D eigenvalue weighted by Crippen LogP contribution is 2.16. The van der Waals surface area contributed by atoms with Gasteiger partial charge < -0.3 is 57.2 Å². The first-order valence-corrected chi connectivity index (χ1v) is 20.5. The minimum absolute atomic E-state index is 0.150. The van der Waals surface area contributed by atoms with E-state index in [2.05, 4.69) is 21.3 Å². The number of urea groups is 1. The molecule has 0 bridgehead atoms. The van der Waals surface area contributed by atoms with Gasteiger partial charge in [0.1, 0.15) is 12.6 Å². The largest absolute Gasteiger partial charge is 0.480 e. The van der Waals surface area contributed by atoms with Crippen LogP contribution in [0.3, 0.4) is 0 Å². The Balaban J connectivity index is 1.89. The van der Waals surface area contributed by atoms with Crippen molar-refractivity contribution in [1.82, 2.24) is 40.9 Å². The van der Waals surface area contributed by atoms with Crippen LogP contribution in [0.5, 0.6) is 0 Å². The molecule has 1 aliphatic heterocycles. The first kappa shape index (κ1) is 52.4. The van der Waals surface area contributed by atoms with Crippen molar-refractivity contribution in [3.05, 3.63) is 29.8 Å². The van der Waals surface area contributed by atoms with E-state index in [1.807, 2.05) is 17.4 Å². The van der Waals surface area contributed by atoms with Crippen LogP contribution in [0.15, 0.2) is 24.3 Å². The van der Waals surface area contributed by atoms with Crippen LogP contribution in [0, 0.1) is 0 Å². The minimum atomic E-state index is -1.36. The lowest BCUT2D eigenvalue weighted by molar-refractivity contribution is -0.142. The number of anilines is 1. The number of aliphatic carboxylic acids is 6. The highest BCUT2D eigenvalue weighted by atomic mass is 32.1. The van der Waals surface area contributed by atoms with Crippen molar-refractivity contribution >= 4 is 70.8 Å². The van der Waals surface area contributed by atoms with Gasteiger partial charge in [0.25, 0.3) is 0 Å². The highest BCUT2D eigenvalue weighted by molar-refractivity contribution is 7.80. The molecule has 2 rings (SSSR count). The number of nitrogens with zero attached hydrogens (tertiary/aromatic N) is 4. The Hall–Kier alpha value is -5.69. The van der Waals surface area contributed by atoms with E-state index < -0.39 is 60.5 Å². The van der Waals surface area contributed by atoms with Crippen LogP contribution in [0.4, 0.5) is 10.5 Å². The topological polar surface area (TPSA) is 331 Å². The van der Waals surface area contributed by atoms with Crippen LogP contribution in [-0.4, -0.2) is 207 Å². The van der Waals surface area contributed by atoms with Crippen LogP contribution in [0.1, 0.15) is 44.1 Å². The number of hydrogen-bond acceptors (Lipinski definition) is 13. The van der Waals surface area contributed by atoms with Gasteiger partial charge in [-0.1, -0.05) is 25.0 Å². The Bertz CT molecular complexity index is 1670. The standard InChI is InChI=1S/C38H59N9O14S/c48-30(10-9-29(36(59)60)43-37(61)41-20-31(49)50)39-11-3-1-2-4-12-40-38(62)42-27-7-5-26(6-8-27)19-28-21-46(24-34(55)56)16-15-44(22-32(51)52)13-14-45(23-33(53)54)17-18-47(28)25-35(57)58/h5-8,28-29H,1-4,9-25H2,(H,39,48)(H,49,50)(H,51,52)(H,53,54)(H,55,56)(H,57,58)(H,59,60)(H2,40,42,62)(H2,41,43,61)/t28?,29-/m0/s1. The monoisotopic (exact) mass is 897 g/mol. The Morgan fingerprint density at radius 1 is 0.629 bits per heavy atom. The van der Waals surface area contributed by atoms with Gasteiger partial charge in [0, 0.05) is 77.1 Å². The maximum atomic E-state index is 12.2. The van der Waals surface area contributed by atoms with Crippen molar-refractivity contribution in [2.24, 2.45) is 0 Å². The zero-order valence-corrected chi connectivity index (χ0v) is 35.3.